The van der Waals surface area contributed by atoms with Crippen molar-refractivity contribution in [3.05, 3.63) is 29.3 Å². The minimum absolute atomic E-state index is 0. The topological polar surface area (TPSA) is 20.2 Å². The Kier molecular flexibility index (Phi) is 16.5. The van der Waals surface area contributed by atoms with Gasteiger partial charge in [0.05, 0.1) is 0 Å². The van der Waals surface area contributed by atoms with E-state index < -0.39 is 0 Å². The Morgan fingerprint density at radius 3 is 1.75 bits per heavy atom. The third-order valence-corrected chi connectivity index (χ3v) is 4.83. The van der Waals surface area contributed by atoms with Crippen LogP contribution in [0.2, 0.25) is 0 Å². The van der Waals surface area contributed by atoms with Crippen molar-refractivity contribution < 1.29 is 5.11 Å². The molecule has 0 amide bonds. The molecule has 0 aliphatic rings. The zero-order chi connectivity index (χ0) is 16.8. The summed E-state index contributed by atoms with van der Waals surface area (Å²) in [5, 5.41) is 10.2. The summed E-state index contributed by atoms with van der Waals surface area (Å²) in [5.41, 5.74) is 2.60. The minimum atomic E-state index is 0. The molecule has 0 spiro atoms. The van der Waals surface area contributed by atoms with Crippen molar-refractivity contribution in [1.29, 1.82) is 0 Å². The van der Waals surface area contributed by atoms with Crippen LogP contribution < -0.4 is 0 Å². The molecule has 2 heteroatoms. The average molecular weight is 343 g/mol. The van der Waals surface area contributed by atoms with Crippen molar-refractivity contribution >= 4 is 29.6 Å². The van der Waals surface area contributed by atoms with E-state index in [-0.39, 0.29) is 29.6 Å². The Morgan fingerprint density at radius 1 is 0.667 bits per heavy atom. The summed E-state index contributed by atoms with van der Waals surface area (Å²) in [5.74, 6) is 0.516. The van der Waals surface area contributed by atoms with Crippen LogP contribution in [0.4, 0.5) is 0 Å². The Labute approximate surface area is 172 Å². The van der Waals surface area contributed by atoms with Gasteiger partial charge >= 0.3 is 29.6 Å². The van der Waals surface area contributed by atoms with Crippen molar-refractivity contribution in [1.82, 2.24) is 0 Å². The van der Waals surface area contributed by atoms with E-state index in [0.717, 1.165) is 12.8 Å². The first-order valence-corrected chi connectivity index (χ1v) is 10.1. The van der Waals surface area contributed by atoms with Gasteiger partial charge in [-0.25, -0.2) is 0 Å². The second-order valence-electron chi connectivity index (χ2n) is 6.95. The normalized spacial score (nSPS) is 10.6. The fourth-order valence-electron chi connectivity index (χ4n) is 3.32. The summed E-state index contributed by atoms with van der Waals surface area (Å²) in [6, 6.07) is 6.09. The molecule has 1 N–H and O–H groups in total. The van der Waals surface area contributed by atoms with Gasteiger partial charge in [-0.2, -0.15) is 0 Å². The van der Waals surface area contributed by atoms with Crippen LogP contribution in [0, 0.1) is 0 Å². The molecule has 0 aromatic heterocycles. The molecule has 0 saturated heterocycles. The third kappa shape index (κ3) is 10.8. The molecule has 1 rings (SSSR count). The van der Waals surface area contributed by atoms with Gasteiger partial charge in [-0.3, -0.25) is 0 Å². The summed E-state index contributed by atoms with van der Waals surface area (Å²) >= 11 is 0. The number of hydrogen-bond donors (Lipinski definition) is 1. The molecule has 0 aliphatic heterocycles. The van der Waals surface area contributed by atoms with Gasteiger partial charge in [-0.15, -0.1) is 0 Å². The number of aryl methyl sites for hydroxylation is 1. The van der Waals surface area contributed by atoms with E-state index in [1.165, 1.54) is 88.2 Å². The molecule has 24 heavy (non-hydrogen) atoms. The summed E-state index contributed by atoms with van der Waals surface area (Å²) in [7, 11) is 0. The molecule has 134 valence electrons. The number of unbranched alkanes of at least 4 members (excludes halogenated alkanes) is 10. The number of hydrogen-bond acceptors (Lipinski definition) is 1. The van der Waals surface area contributed by atoms with Crippen LogP contribution in [0.3, 0.4) is 0 Å². The van der Waals surface area contributed by atoms with Gasteiger partial charge in [-0.05, 0) is 42.9 Å². The molecule has 1 aromatic rings. The van der Waals surface area contributed by atoms with E-state index in [2.05, 4.69) is 19.9 Å². The molecule has 1 nitrogen and oxygen atoms in total. The zero-order valence-corrected chi connectivity index (χ0v) is 15.6. The van der Waals surface area contributed by atoms with E-state index in [9.17, 15) is 5.11 Å². The van der Waals surface area contributed by atoms with E-state index >= 15 is 0 Å². The van der Waals surface area contributed by atoms with Crippen molar-refractivity contribution in [3.8, 4) is 5.75 Å². The molecule has 0 saturated carbocycles. The number of benzene rings is 1. The van der Waals surface area contributed by atoms with Gasteiger partial charge in [0.25, 0.3) is 0 Å². The van der Waals surface area contributed by atoms with E-state index in [1.807, 2.05) is 12.1 Å². The zero-order valence-electron chi connectivity index (χ0n) is 15.6. The number of aromatic hydroxyl groups is 1. The predicted octanol–water partition coefficient (Wildman–Crippen LogP) is 6.55. The van der Waals surface area contributed by atoms with E-state index in [4.69, 9.17) is 0 Å². The molecule has 0 fully saturated rings. The SMILES string of the molecule is CCCCCCCCc1cccc(O)c1CCCCCCCC.[NaH]. The van der Waals surface area contributed by atoms with Gasteiger partial charge in [0, 0.05) is 0 Å². The van der Waals surface area contributed by atoms with Crippen LogP contribution in [0.5, 0.6) is 5.75 Å². The predicted molar refractivity (Wildman–Crippen MR) is 109 cm³/mol. The van der Waals surface area contributed by atoms with Crippen LogP contribution in [0.1, 0.15) is 102 Å². The third-order valence-electron chi connectivity index (χ3n) is 4.83. The van der Waals surface area contributed by atoms with Crippen LogP contribution >= 0.6 is 0 Å². The molecule has 0 atom stereocenters. The molecular formula is C22H39NaO. The van der Waals surface area contributed by atoms with Crippen molar-refractivity contribution in [2.75, 3.05) is 0 Å². The van der Waals surface area contributed by atoms with Crippen molar-refractivity contribution in [2.45, 2.75) is 104 Å². The Bertz CT molecular complexity index is 403. The molecule has 0 bridgehead atoms. The van der Waals surface area contributed by atoms with E-state index in [0.29, 0.717) is 5.75 Å². The Hall–Kier alpha value is 0.0200. The first-order valence-electron chi connectivity index (χ1n) is 10.1. The van der Waals surface area contributed by atoms with E-state index in [1.54, 1.807) is 0 Å². The van der Waals surface area contributed by atoms with Gasteiger partial charge in [-0.1, -0.05) is 90.2 Å². The summed E-state index contributed by atoms with van der Waals surface area (Å²) in [6.07, 6.45) is 18.1. The maximum atomic E-state index is 10.2. The second-order valence-corrected chi connectivity index (χ2v) is 6.95. The molecule has 1 aromatic carbocycles. The van der Waals surface area contributed by atoms with Crippen molar-refractivity contribution in [3.63, 3.8) is 0 Å². The fourth-order valence-corrected chi connectivity index (χ4v) is 3.32. The maximum absolute atomic E-state index is 10.2. The molecule has 0 radical (unpaired) electrons. The summed E-state index contributed by atoms with van der Waals surface area (Å²) in [6.45, 7) is 4.53. The second kappa shape index (κ2) is 16.5. The molecular weight excluding hydrogens is 303 g/mol. The average Bonchev–Trinajstić information content (AvgIpc) is 2.56. The van der Waals surface area contributed by atoms with Crippen molar-refractivity contribution in [2.24, 2.45) is 0 Å². The fraction of sp³-hybridized carbons (Fsp3) is 0.727. The van der Waals surface area contributed by atoms with Gasteiger partial charge < -0.3 is 5.11 Å². The van der Waals surface area contributed by atoms with Crippen LogP contribution in [0.15, 0.2) is 18.2 Å². The molecule has 0 heterocycles. The molecule has 0 unspecified atom stereocenters. The standard InChI is InChI=1S/C22H38O.Na.H/c1-3-5-7-9-11-13-16-20-17-15-19-22(23)21(20)18-14-12-10-8-6-4-2;;/h15,17,19,23H,3-14,16,18H2,1-2H3;;. The Balaban J connectivity index is 0.00000529. The first-order chi connectivity index (χ1) is 11.3. The summed E-state index contributed by atoms with van der Waals surface area (Å²) < 4.78 is 0. The van der Waals surface area contributed by atoms with Gasteiger partial charge in [0.1, 0.15) is 5.75 Å². The summed E-state index contributed by atoms with van der Waals surface area (Å²) in [4.78, 5) is 0. The quantitative estimate of drug-likeness (QED) is 0.300. The van der Waals surface area contributed by atoms with Crippen LogP contribution in [-0.2, 0) is 12.8 Å². The molecule has 0 aliphatic carbocycles. The number of phenols is 1. The van der Waals surface area contributed by atoms with Crippen LogP contribution in [0.25, 0.3) is 0 Å². The van der Waals surface area contributed by atoms with Gasteiger partial charge in [0.15, 0.2) is 0 Å². The number of phenolic OH excluding ortho intramolecular Hbond substituents is 1. The monoisotopic (exact) mass is 342 g/mol. The first kappa shape index (κ1) is 24.0. The van der Waals surface area contributed by atoms with Gasteiger partial charge in [0.2, 0.25) is 0 Å². The Morgan fingerprint density at radius 2 is 1.17 bits per heavy atom. The number of rotatable bonds is 14. The van der Waals surface area contributed by atoms with Crippen LogP contribution in [-0.4, -0.2) is 34.7 Å².